The SMILES string of the molecule is CONS(=O)(=O)c1ccc(C(=O)Nc2nc(-c3ccc(F)cc3)c(C)s2)cc1. The van der Waals surface area contributed by atoms with Gasteiger partial charge in [-0.25, -0.2) is 17.8 Å². The number of halogens is 1. The largest absolute Gasteiger partial charge is 0.298 e. The molecule has 0 aliphatic heterocycles. The van der Waals surface area contributed by atoms with Crippen LogP contribution in [0.15, 0.2) is 53.4 Å². The Morgan fingerprint density at radius 1 is 1.11 bits per heavy atom. The van der Waals surface area contributed by atoms with Crippen molar-refractivity contribution in [2.45, 2.75) is 11.8 Å². The minimum atomic E-state index is -3.79. The molecule has 1 heterocycles. The number of thiazole rings is 1. The van der Waals surface area contributed by atoms with Crippen molar-refractivity contribution in [3.63, 3.8) is 0 Å². The van der Waals surface area contributed by atoms with E-state index in [0.717, 1.165) is 10.4 Å². The molecule has 1 amide bonds. The van der Waals surface area contributed by atoms with Crippen LogP contribution < -0.4 is 10.2 Å². The van der Waals surface area contributed by atoms with Gasteiger partial charge in [-0.05, 0) is 55.5 Å². The summed E-state index contributed by atoms with van der Waals surface area (Å²) < 4.78 is 36.8. The fourth-order valence-corrected chi connectivity index (χ4v) is 4.08. The first-order chi connectivity index (χ1) is 13.3. The lowest BCUT2D eigenvalue weighted by Crippen LogP contribution is -2.22. The summed E-state index contributed by atoms with van der Waals surface area (Å²) in [6.07, 6.45) is 0. The summed E-state index contributed by atoms with van der Waals surface area (Å²) in [5, 5.41) is 3.08. The number of aromatic nitrogens is 1. The molecular formula is C18H16FN3O4S2. The maximum Gasteiger partial charge on any atom is 0.262 e. The van der Waals surface area contributed by atoms with Gasteiger partial charge >= 0.3 is 0 Å². The molecule has 0 radical (unpaired) electrons. The van der Waals surface area contributed by atoms with Gasteiger partial charge in [0.15, 0.2) is 5.13 Å². The number of nitrogens with one attached hydrogen (secondary N) is 2. The Labute approximate surface area is 165 Å². The molecular weight excluding hydrogens is 405 g/mol. The fourth-order valence-electron chi connectivity index (χ4n) is 2.44. The van der Waals surface area contributed by atoms with Crippen LogP contribution in [0, 0.1) is 12.7 Å². The molecule has 10 heteroatoms. The zero-order chi connectivity index (χ0) is 20.3. The predicted octanol–water partition coefficient (Wildman–Crippen LogP) is 3.35. The number of aryl methyl sites for hydroxylation is 1. The lowest BCUT2D eigenvalue weighted by Gasteiger charge is -2.05. The molecule has 0 aliphatic rings. The normalized spacial score (nSPS) is 11.4. The third kappa shape index (κ3) is 4.42. The molecule has 0 atom stereocenters. The molecule has 7 nitrogen and oxygen atoms in total. The topological polar surface area (TPSA) is 97.4 Å². The standard InChI is InChI=1S/C18H16FN3O4S2/c1-11-16(12-3-7-14(19)8-4-12)20-18(27-11)21-17(23)13-5-9-15(10-6-13)28(24,25)22-26-2/h3-10,22H,1-2H3,(H,20,21,23). The number of rotatable bonds is 6. The van der Waals surface area contributed by atoms with Gasteiger partial charge in [-0.2, -0.15) is 0 Å². The number of sulfonamides is 1. The zero-order valence-electron chi connectivity index (χ0n) is 14.9. The molecule has 0 saturated heterocycles. The van der Waals surface area contributed by atoms with E-state index in [9.17, 15) is 17.6 Å². The lowest BCUT2D eigenvalue weighted by atomic mass is 10.1. The van der Waals surface area contributed by atoms with E-state index in [-0.39, 0.29) is 16.3 Å². The molecule has 0 spiro atoms. The van der Waals surface area contributed by atoms with Crippen molar-refractivity contribution in [2.75, 3.05) is 12.4 Å². The third-order valence-electron chi connectivity index (χ3n) is 3.75. The van der Waals surface area contributed by atoms with Gasteiger partial charge in [-0.1, -0.05) is 4.89 Å². The van der Waals surface area contributed by atoms with Crippen molar-refractivity contribution in [1.82, 2.24) is 9.87 Å². The highest BCUT2D eigenvalue weighted by atomic mass is 32.2. The van der Waals surface area contributed by atoms with Gasteiger partial charge in [0.05, 0.1) is 17.7 Å². The van der Waals surface area contributed by atoms with Crippen LogP contribution >= 0.6 is 11.3 Å². The van der Waals surface area contributed by atoms with E-state index in [1.807, 2.05) is 11.8 Å². The van der Waals surface area contributed by atoms with Crippen LogP contribution in [-0.2, 0) is 14.9 Å². The monoisotopic (exact) mass is 421 g/mol. The molecule has 0 aliphatic carbocycles. The summed E-state index contributed by atoms with van der Waals surface area (Å²) in [6.45, 7) is 1.86. The molecule has 1 aromatic heterocycles. The molecule has 2 N–H and O–H groups in total. The van der Waals surface area contributed by atoms with Crippen LogP contribution in [0.4, 0.5) is 9.52 Å². The highest BCUT2D eigenvalue weighted by Gasteiger charge is 2.16. The van der Waals surface area contributed by atoms with Crippen LogP contribution in [0.5, 0.6) is 0 Å². The number of anilines is 1. The summed E-state index contributed by atoms with van der Waals surface area (Å²) in [5.74, 6) is -0.764. The number of amides is 1. The van der Waals surface area contributed by atoms with Gasteiger partial charge in [-0.3, -0.25) is 14.9 Å². The number of carbonyl (C=O) groups is 1. The number of hydrogen-bond acceptors (Lipinski definition) is 6. The van der Waals surface area contributed by atoms with Crippen molar-refractivity contribution in [3.05, 3.63) is 64.8 Å². The fraction of sp³-hybridized carbons (Fsp3) is 0.111. The Hall–Kier alpha value is -2.66. The molecule has 0 fully saturated rings. The van der Waals surface area contributed by atoms with E-state index in [1.54, 1.807) is 12.1 Å². The Morgan fingerprint density at radius 3 is 2.36 bits per heavy atom. The van der Waals surface area contributed by atoms with Crippen molar-refractivity contribution >= 4 is 32.4 Å². The second-order valence-electron chi connectivity index (χ2n) is 5.70. The minimum absolute atomic E-state index is 0.0328. The molecule has 28 heavy (non-hydrogen) atoms. The van der Waals surface area contributed by atoms with Crippen molar-refractivity contribution in [1.29, 1.82) is 0 Å². The minimum Gasteiger partial charge on any atom is -0.298 e. The first-order valence-electron chi connectivity index (χ1n) is 8.00. The maximum atomic E-state index is 13.1. The highest BCUT2D eigenvalue weighted by Crippen LogP contribution is 2.30. The van der Waals surface area contributed by atoms with Crippen LogP contribution in [0.1, 0.15) is 15.2 Å². The maximum absolute atomic E-state index is 13.1. The molecule has 0 saturated carbocycles. The van der Waals surface area contributed by atoms with Gasteiger partial charge in [0.1, 0.15) is 5.82 Å². The van der Waals surface area contributed by atoms with E-state index in [2.05, 4.69) is 15.1 Å². The van der Waals surface area contributed by atoms with E-state index >= 15 is 0 Å². The molecule has 146 valence electrons. The van der Waals surface area contributed by atoms with E-state index in [0.29, 0.717) is 10.8 Å². The Balaban J connectivity index is 1.76. The summed E-state index contributed by atoms with van der Waals surface area (Å²) in [7, 11) is -2.60. The Kier molecular flexibility index (Phi) is 5.84. The lowest BCUT2D eigenvalue weighted by molar-refractivity contribution is 0.102. The van der Waals surface area contributed by atoms with Gasteiger partial charge < -0.3 is 0 Å². The smallest absolute Gasteiger partial charge is 0.262 e. The summed E-state index contributed by atoms with van der Waals surface area (Å²) in [4.78, 5) is 24.0. The summed E-state index contributed by atoms with van der Waals surface area (Å²) in [5.41, 5.74) is 1.68. The number of benzene rings is 2. The number of carbonyl (C=O) groups excluding carboxylic acids is 1. The average Bonchev–Trinajstić information content (AvgIpc) is 3.02. The summed E-state index contributed by atoms with van der Waals surface area (Å²) >= 11 is 1.29. The van der Waals surface area contributed by atoms with E-state index in [4.69, 9.17) is 0 Å². The van der Waals surface area contributed by atoms with Crippen molar-refractivity contribution in [2.24, 2.45) is 0 Å². The first-order valence-corrected chi connectivity index (χ1v) is 10.3. The molecule has 2 aromatic carbocycles. The van der Waals surface area contributed by atoms with Crippen LogP contribution in [0.3, 0.4) is 0 Å². The van der Waals surface area contributed by atoms with E-state index < -0.39 is 15.9 Å². The first kappa shape index (κ1) is 20.1. The molecule has 3 aromatic rings. The quantitative estimate of drug-likeness (QED) is 0.595. The summed E-state index contributed by atoms with van der Waals surface area (Å²) in [6, 6.07) is 11.3. The molecule has 3 rings (SSSR count). The van der Waals surface area contributed by atoms with Crippen LogP contribution in [0.25, 0.3) is 11.3 Å². The average molecular weight is 421 g/mol. The third-order valence-corrected chi connectivity index (χ3v) is 5.92. The van der Waals surface area contributed by atoms with Crippen LogP contribution in [0.2, 0.25) is 0 Å². The Bertz CT molecular complexity index is 1090. The van der Waals surface area contributed by atoms with Gasteiger partial charge in [0, 0.05) is 16.0 Å². The number of nitrogens with zero attached hydrogens (tertiary/aromatic N) is 1. The van der Waals surface area contributed by atoms with Crippen LogP contribution in [-0.4, -0.2) is 26.4 Å². The predicted molar refractivity (Wildman–Crippen MR) is 104 cm³/mol. The molecule has 0 bridgehead atoms. The van der Waals surface area contributed by atoms with E-state index in [1.165, 1.54) is 54.8 Å². The second kappa shape index (κ2) is 8.15. The highest BCUT2D eigenvalue weighted by molar-refractivity contribution is 7.89. The van der Waals surface area contributed by atoms with Gasteiger partial charge in [-0.15, -0.1) is 11.3 Å². The zero-order valence-corrected chi connectivity index (χ0v) is 16.5. The van der Waals surface area contributed by atoms with Crippen molar-refractivity contribution in [3.8, 4) is 11.3 Å². The molecule has 0 unspecified atom stereocenters. The number of hydrogen-bond donors (Lipinski definition) is 2. The van der Waals surface area contributed by atoms with Gasteiger partial charge in [0.25, 0.3) is 15.9 Å². The van der Waals surface area contributed by atoms with Gasteiger partial charge in [0.2, 0.25) is 0 Å². The second-order valence-corrected chi connectivity index (χ2v) is 8.55. The Morgan fingerprint density at radius 2 is 1.75 bits per heavy atom. The van der Waals surface area contributed by atoms with Crippen molar-refractivity contribution < 1.29 is 22.4 Å².